The van der Waals surface area contributed by atoms with Gasteiger partial charge >= 0.3 is 0 Å². The Morgan fingerprint density at radius 3 is 2.33 bits per heavy atom. The van der Waals surface area contributed by atoms with E-state index in [0.29, 0.717) is 36.7 Å². The topological polar surface area (TPSA) is 74.6 Å². The van der Waals surface area contributed by atoms with Crippen LogP contribution in [0.5, 0.6) is 17.2 Å². The van der Waals surface area contributed by atoms with Crippen molar-refractivity contribution in [1.29, 1.82) is 0 Å². The SMILES string of the molecule is CCn1nc(C(=O)NCCc2ccc(OC)c(OC)c2)cc1-c1ccc(OC)cc1. The molecule has 158 valence electrons. The number of carbonyl (C=O) groups excluding carboxylic acids is 1. The van der Waals surface area contributed by atoms with E-state index in [4.69, 9.17) is 14.2 Å². The molecule has 1 amide bonds. The van der Waals surface area contributed by atoms with E-state index in [2.05, 4.69) is 10.4 Å². The van der Waals surface area contributed by atoms with Crippen molar-refractivity contribution in [2.24, 2.45) is 0 Å². The van der Waals surface area contributed by atoms with Crippen molar-refractivity contribution in [1.82, 2.24) is 15.1 Å². The van der Waals surface area contributed by atoms with E-state index in [0.717, 1.165) is 22.6 Å². The molecular formula is C23H27N3O4. The van der Waals surface area contributed by atoms with Crippen molar-refractivity contribution in [3.63, 3.8) is 0 Å². The fraction of sp³-hybridized carbons (Fsp3) is 0.304. The molecule has 0 aliphatic carbocycles. The molecule has 0 unspecified atom stereocenters. The van der Waals surface area contributed by atoms with Gasteiger partial charge in [-0.3, -0.25) is 9.48 Å². The lowest BCUT2D eigenvalue weighted by atomic mass is 10.1. The van der Waals surface area contributed by atoms with Crippen molar-refractivity contribution in [3.05, 3.63) is 59.8 Å². The second-order valence-corrected chi connectivity index (χ2v) is 6.65. The predicted molar refractivity (Wildman–Crippen MR) is 115 cm³/mol. The van der Waals surface area contributed by atoms with Gasteiger partial charge < -0.3 is 19.5 Å². The third-order valence-electron chi connectivity index (χ3n) is 4.85. The molecule has 2 aromatic carbocycles. The Labute approximate surface area is 176 Å². The number of aryl methyl sites for hydroxylation is 1. The molecule has 7 nitrogen and oxygen atoms in total. The number of rotatable bonds is 9. The number of hydrogen-bond donors (Lipinski definition) is 1. The smallest absolute Gasteiger partial charge is 0.271 e. The molecule has 3 rings (SSSR count). The summed E-state index contributed by atoms with van der Waals surface area (Å²) in [6.45, 7) is 3.16. The van der Waals surface area contributed by atoms with Gasteiger partial charge in [0, 0.05) is 18.7 Å². The highest BCUT2D eigenvalue weighted by molar-refractivity contribution is 5.93. The maximum atomic E-state index is 12.6. The van der Waals surface area contributed by atoms with Crippen molar-refractivity contribution < 1.29 is 19.0 Å². The quantitative estimate of drug-likeness (QED) is 0.585. The van der Waals surface area contributed by atoms with E-state index in [1.807, 2.05) is 60.1 Å². The van der Waals surface area contributed by atoms with Crippen molar-refractivity contribution >= 4 is 5.91 Å². The normalized spacial score (nSPS) is 10.5. The minimum atomic E-state index is -0.197. The molecule has 0 spiro atoms. The van der Waals surface area contributed by atoms with Crippen LogP contribution in [0.4, 0.5) is 0 Å². The zero-order valence-electron chi connectivity index (χ0n) is 17.8. The maximum absolute atomic E-state index is 12.6. The van der Waals surface area contributed by atoms with E-state index in [-0.39, 0.29) is 5.91 Å². The Morgan fingerprint density at radius 2 is 1.70 bits per heavy atom. The number of ether oxygens (including phenoxy) is 3. The molecular weight excluding hydrogens is 382 g/mol. The van der Waals surface area contributed by atoms with Gasteiger partial charge in [-0.05, 0) is 61.4 Å². The first-order valence-corrected chi connectivity index (χ1v) is 9.81. The fourth-order valence-electron chi connectivity index (χ4n) is 3.21. The summed E-state index contributed by atoms with van der Waals surface area (Å²) in [5.74, 6) is 1.94. The van der Waals surface area contributed by atoms with Gasteiger partial charge in [0.2, 0.25) is 0 Å². The van der Waals surface area contributed by atoms with Crippen molar-refractivity contribution in [3.8, 4) is 28.5 Å². The Morgan fingerprint density at radius 1 is 0.967 bits per heavy atom. The molecule has 1 heterocycles. The molecule has 0 fully saturated rings. The van der Waals surface area contributed by atoms with Gasteiger partial charge in [0.15, 0.2) is 17.2 Å². The number of carbonyl (C=O) groups is 1. The number of benzene rings is 2. The van der Waals surface area contributed by atoms with Gasteiger partial charge in [0.1, 0.15) is 5.75 Å². The lowest BCUT2D eigenvalue weighted by Gasteiger charge is -2.09. The molecule has 0 saturated carbocycles. The monoisotopic (exact) mass is 409 g/mol. The third-order valence-corrected chi connectivity index (χ3v) is 4.85. The standard InChI is InChI=1S/C23H27N3O4/c1-5-26-20(17-7-9-18(28-2)10-8-17)15-19(25-26)23(27)24-13-12-16-6-11-21(29-3)22(14-16)30-4/h6-11,14-15H,5,12-13H2,1-4H3,(H,24,27). The maximum Gasteiger partial charge on any atom is 0.271 e. The number of nitrogens with one attached hydrogen (secondary N) is 1. The molecule has 7 heteroatoms. The molecule has 0 aliphatic rings. The number of nitrogens with zero attached hydrogens (tertiary/aromatic N) is 2. The van der Waals surface area contributed by atoms with Crippen molar-refractivity contribution in [2.45, 2.75) is 19.9 Å². The lowest BCUT2D eigenvalue weighted by molar-refractivity contribution is 0.0948. The molecule has 0 atom stereocenters. The average molecular weight is 409 g/mol. The second kappa shape index (κ2) is 9.82. The number of methoxy groups -OCH3 is 3. The zero-order chi connectivity index (χ0) is 21.5. The van der Waals surface area contributed by atoms with Crippen LogP contribution in [0, 0.1) is 0 Å². The molecule has 1 aromatic heterocycles. The van der Waals surface area contributed by atoms with Crippen LogP contribution in [-0.4, -0.2) is 43.6 Å². The van der Waals surface area contributed by atoms with E-state index < -0.39 is 0 Å². The molecule has 0 radical (unpaired) electrons. The summed E-state index contributed by atoms with van der Waals surface area (Å²) >= 11 is 0. The molecule has 30 heavy (non-hydrogen) atoms. The van der Waals surface area contributed by atoms with E-state index >= 15 is 0 Å². The Balaban J connectivity index is 1.66. The van der Waals surface area contributed by atoms with Gasteiger partial charge in [-0.15, -0.1) is 0 Å². The molecule has 0 aliphatic heterocycles. The molecule has 1 N–H and O–H groups in total. The summed E-state index contributed by atoms with van der Waals surface area (Å²) in [6.07, 6.45) is 0.673. The van der Waals surface area contributed by atoms with Gasteiger partial charge in [-0.25, -0.2) is 0 Å². The summed E-state index contributed by atoms with van der Waals surface area (Å²) in [7, 11) is 4.84. The first-order chi connectivity index (χ1) is 14.6. The summed E-state index contributed by atoms with van der Waals surface area (Å²) in [4.78, 5) is 12.6. The number of aromatic nitrogens is 2. The number of amides is 1. The summed E-state index contributed by atoms with van der Waals surface area (Å²) in [5, 5.41) is 7.40. The molecule has 3 aromatic rings. The largest absolute Gasteiger partial charge is 0.497 e. The van der Waals surface area contributed by atoms with E-state index in [1.54, 1.807) is 21.3 Å². The van der Waals surface area contributed by atoms with Crippen LogP contribution in [0.3, 0.4) is 0 Å². The first-order valence-electron chi connectivity index (χ1n) is 9.81. The summed E-state index contributed by atoms with van der Waals surface area (Å²) in [6, 6.07) is 15.3. The van der Waals surface area contributed by atoms with Crippen molar-refractivity contribution in [2.75, 3.05) is 27.9 Å². The second-order valence-electron chi connectivity index (χ2n) is 6.65. The van der Waals surface area contributed by atoms with Crippen LogP contribution in [0.15, 0.2) is 48.5 Å². The zero-order valence-corrected chi connectivity index (χ0v) is 17.8. The van der Waals surface area contributed by atoms with Crippen LogP contribution in [-0.2, 0) is 13.0 Å². The highest BCUT2D eigenvalue weighted by atomic mass is 16.5. The minimum absolute atomic E-state index is 0.197. The van der Waals surface area contributed by atoms with Gasteiger partial charge in [0.25, 0.3) is 5.91 Å². The first kappa shape index (κ1) is 21.2. The Kier molecular flexibility index (Phi) is 6.95. The van der Waals surface area contributed by atoms with Gasteiger partial charge in [-0.1, -0.05) is 6.07 Å². The van der Waals surface area contributed by atoms with Crippen LogP contribution in [0.2, 0.25) is 0 Å². The number of hydrogen-bond acceptors (Lipinski definition) is 5. The molecule has 0 bridgehead atoms. The summed E-state index contributed by atoms with van der Waals surface area (Å²) < 4.78 is 17.6. The highest BCUT2D eigenvalue weighted by Gasteiger charge is 2.15. The molecule has 0 saturated heterocycles. The van der Waals surface area contributed by atoms with Gasteiger partial charge in [0.05, 0.1) is 27.0 Å². The van der Waals surface area contributed by atoms with Crippen LogP contribution < -0.4 is 19.5 Å². The van der Waals surface area contributed by atoms with E-state index in [9.17, 15) is 4.79 Å². The summed E-state index contributed by atoms with van der Waals surface area (Å²) in [5.41, 5.74) is 3.32. The van der Waals surface area contributed by atoms with Crippen LogP contribution in [0.1, 0.15) is 23.0 Å². The predicted octanol–water partition coefficient (Wildman–Crippen LogP) is 3.57. The Hall–Kier alpha value is -3.48. The lowest BCUT2D eigenvalue weighted by Crippen LogP contribution is -2.26. The Bertz CT molecular complexity index is 996. The third kappa shape index (κ3) is 4.74. The van der Waals surface area contributed by atoms with Gasteiger partial charge in [-0.2, -0.15) is 5.10 Å². The average Bonchev–Trinajstić information content (AvgIpc) is 3.23. The van der Waals surface area contributed by atoms with Crippen LogP contribution >= 0.6 is 0 Å². The van der Waals surface area contributed by atoms with E-state index in [1.165, 1.54) is 0 Å². The minimum Gasteiger partial charge on any atom is -0.497 e. The fourth-order valence-corrected chi connectivity index (χ4v) is 3.21. The van der Waals surface area contributed by atoms with Crippen LogP contribution in [0.25, 0.3) is 11.3 Å². The highest BCUT2D eigenvalue weighted by Crippen LogP contribution is 2.27.